The van der Waals surface area contributed by atoms with E-state index in [4.69, 9.17) is 9.97 Å². The van der Waals surface area contributed by atoms with Gasteiger partial charge >= 0.3 is 0 Å². The first-order chi connectivity index (χ1) is 15.0. The van der Waals surface area contributed by atoms with Crippen molar-refractivity contribution in [2.24, 2.45) is 11.8 Å². The Balaban J connectivity index is 1.31. The molecule has 0 aliphatic carbocycles. The second-order valence-electron chi connectivity index (χ2n) is 8.95. The Labute approximate surface area is 186 Å². The fraction of sp³-hybridized carbons (Fsp3) is 0.375. The number of aryl methyl sites for hydroxylation is 3. The summed E-state index contributed by atoms with van der Waals surface area (Å²) in [6, 6.07) is 10.7. The summed E-state index contributed by atoms with van der Waals surface area (Å²) in [6.07, 6.45) is 1.97. The Morgan fingerprint density at radius 1 is 0.935 bits per heavy atom. The van der Waals surface area contributed by atoms with E-state index < -0.39 is 0 Å². The minimum absolute atomic E-state index is 0.629. The van der Waals surface area contributed by atoms with Gasteiger partial charge in [0.15, 0.2) is 0 Å². The van der Waals surface area contributed by atoms with Crippen LogP contribution in [-0.2, 0) is 0 Å². The van der Waals surface area contributed by atoms with Crippen molar-refractivity contribution in [2.75, 3.05) is 36.0 Å². The van der Waals surface area contributed by atoms with Crippen LogP contribution in [0.5, 0.6) is 0 Å². The van der Waals surface area contributed by atoms with Crippen molar-refractivity contribution in [1.29, 1.82) is 0 Å². The summed E-state index contributed by atoms with van der Waals surface area (Å²) in [5.41, 5.74) is 5.75. The van der Waals surface area contributed by atoms with Crippen LogP contribution in [0, 0.1) is 32.6 Å². The van der Waals surface area contributed by atoms with Gasteiger partial charge in [-0.3, -0.25) is 0 Å². The molecule has 0 radical (unpaired) electrons. The first kappa shape index (κ1) is 18.8. The largest absolute Gasteiger partial charge is 0.368 e. The highest BCUT2D eigenvalue weighted by Crippen LogP contribution is 2.43. The molecule has 6 rings (SSSR count). The third kappa shape index (κ3) is 3.19. The molecule has 0 unspecified atom stereocenters. The van der Waals surface area contributed by atoms with E-state index in [1.165, 1.54) is 21.5 Å². The molecule has 0 amide bonds. The van der Waals surface area contributed by atoms with Gasteiger partial charge in [0.1, 0.15) is 5.01 Å². The molecule has 0 spiro atoms. The van der Waals surface area contributed by atoms with Crippen LogP contribution in [0.2, 0.25) is 0 Å². The van der Waals surface area contributed by atoms with Gasteiger partial charge in [0.25, 0.3) is 0 Å². The van der Waals surface area contributed by atoms with Gasteiger partial charge in [-0.15, -0.1) is 11.3 Å². The summed E-state index contributed by atoms with van der Waals surface area (Å²) in [4.78, 5) is 23.9. The van der Waals surface area contributed by atoms with Crippen molar-refractivity contribution in [2.45, 2.75) is 20.8 Å². The Bertz CT molecular complexity index is 1240. The molecule has 2 aliphatic rings. The number of anilines is 2. The second kappa shape index (κ2) is 7.05. The number of nitrogens with one attached hydrogen (secondary N) is 1. The van der Waals surface area contributed by atoms with Gasteiger partial charge in [-0.05, 0) is 32.9 Å². The average molecular weight is 431 g/mol. The molecular formula is C24H26N6S. The van der Waals surface area contributed by atoms with Gasteiger partial charge in [-0.2, -0.15) is 0 Å². The predicted octanol–water partition coefficient (Wildman–Crippen LogP) is 4.58. The average Bonchev–Trinajstić information content (AvgIpc) is 3.47. The molecule has 1 N–H and O–H groups in total. The number of para-hydroxylation sites is 1. The van der Waals surface area contributed by atoms with Gasteiger partial charge in [-0.1, -0.05) is 18.2 Å². The Morgan fingerprint density at radius 3 is 2.29 bits per heavy atom. The highest BCUT2D eigenvalue weighted by molar-refractivity contribution is 7.15. The van der Waals surface area contributed by atoms with E-state index in [0.29, 0.717) is 11.8 Å². The molecule has 31 heavy (non-hydrogen) atoms. The minimum atomic E-state index is 0.629. The fourth-order valence-electron chi connectivity index (χ4n) is 5.27. The number of aromatic amines is 1. The number of thiazole rings is 1. The van der Waals surface area contributed by atoms with Crippen LogP contribution in [0.15, 0.2) is 36.5 Å². The lowest BCUT2D eigenvalue weighted by atomic mass is 10.0. The van der Waals surface area contributed by atoms with Crippen molar-refractivity contribution in [1.82, 2.24) is 19.9 Å². The van der Waals surface area contributed by atoms with Crippen LogP contribution >= 0.6 is 11.3 Å². The van der Waals surface area contributed by atoms with E-state index in [1.54, 1.807) is 11.3 Å². The molecule has 158 valence electrons. The van der Waals surface area contributed by atoms with Crippen LogP contribution in [0.4, 0.5) is 11.6 Å². The van der Waals surface area contributed by atoms with Crippen molar-refractivity contribution in [3.8, 4) is 10.7 Å². The van der Waals surface area contributed by atoms with E-state index in [-0.39, 0.29) is 0 Å². The predicted molar refractivity (Wildman–Crippen MR) is 127 cm³/mol. The number of fused-ring (bicyclic) bond motifs is 2. The normalized spacial score (nSPS) is 20.7. The molecule has 7 heteroatoms. The molecule has 1 aromatic carbocycles. The minimum Gasteiger partial charge on any atom is -0.368 e. The molecule has 2 saturated heterocycles. The maximum atomic E-state index is 4.70. The van der Waals surface area contributed by atoms with Crippen molar-refractivity contribution in [3.63, 3.8) is 0 Å². The lowest BCUT2D eigenvalue weighted by molar-refractivity contribution is 0.533. The zero-order chi connectivity index (χ0) is 21.1. The van der Waals surface area contributed by atoms with Crippen LogP contribution < -0.4 is 9.80 Å². The Morgan fingerprint density at radius 2 is 1.61 bits per heavy atom. The molecule has 5 heterocycles. The highest BCUT2D eigenvalue weighted by atomic mass is 32.1. The molecule has 2 aliphatic heterocycles. The van der Waals surface area contributed by atoms with E-state index in [9.17, 15) is 0 Å². The Hall–Kier alpha value is -2.93. The second-order valence-corrected chi connectivity index (χ2v) is 10.2. The topological polar surface area (TPSA) is 60.9 Å². The number of H-pyrrole nitrogens is 1. The molecule has 2 atom stereocenters. The summed E-state index contributed by atoms with van der Waals surface area (Å²) in [6.45, 7) is 10.4. The maximum Gasteiger partial charge on any atom is 0.225 e. The summed E-state index contributed by atoms with van der Waals surface area (Å²) in [7, 11) is 0. The van der Waals surface area contributed by atoms with Crippen LogP contribution in [-0.4, -0.2) is 46.1 Å². The van der Waals surface area contributed by atoms with E-state index >= 15 is 0 Å². The molecule has 6 nitrogen and oxygen atoms in total. The standard InChI is InChI=1S/C24H26N6S/c1-14-8-15(2)27-24(26-14)30-12-17-10-29(11-18(17)13-30)22-19-6-4-5-7-20(19)28-21(22)23-25-9-16(3)31-23/h4-9,17-18,28H,10-13H2,1-3H3/t17-,18+. The molecule has 0 bridgehead atoms. The third-order valence-electron chi connectivity index (χ3n) is 6.57. The molecule has 3 aromatic heterocycles. The van der Waals surface area contributed by atoms with Crippen molar-refractivity contribution >= 4 is 33.9 Å². The molecule has 2 fully saturated rings. The van der Waals surface area contributed by atoms with E-state index in [1.807, 2.05) is 12.3 Å². The summed E-state index contributed by atoms with van der Waals surface area (Å²) >= 11 is 1.76. The smallest absolute Gasteiger partial charge is 0.225 e. The number of hydrogen-bond acceptors (Lipinski definition) is 6. The number of rotatable bonds is 3. The fourth-order valence-corrected chi connectivity index (χ4v) is 6.03. The quantitative estimate of drug-likeness (QED) is 0.516. The number of nitrogens with zero attached hydrogens (tertiary/aromatic N) is 5. The number of benzene rings is 1. The molecule has 4 aromatic rings. The summed E-state index contributed by atoms with van der Waals surface area (Å²) in [5, 5.41) is 2.37. The van der Waals surface area contributed by atoms with Gasteiger partial charge in [0.2, 0.25) is 5.95 Å². The van der Waals surface area contributed by atoms with Gasteiger partial charge in [0.05, 0.1) is 11.4 Å². The van der Waals surface area contributed by atoms with E-state index in [2.05, 4.69) is 64.8 Å². The SMILES string of the molecule is Cc1cc(C)nc(N2C[C@@H]3CN(c4c(-c5ncc(C)s5)[nH]c5ccccc45)C[C@@H]3C2)n1. The molecule has 0 saturated carbocycles. The first-order valence-corrected chi connectivity index (χ1v) is 11.7. The lowest BCUT2D eigenvalue weighted by Gasteiger charge is -2.24. The van der Waals surface area contributed by atoms with Crippen molar-refractivity contribution < 1.29 is 0 Å². The zero-order valence-electron chi connectivity index (χ0n) is 18.1. The van der Waals surface area contributed by atoms with Gasteiger partial charge in [-0.25, -0.2) is 15.0 Å². The summed E-state index contributed by atoms with van der Waals surface area (Å²) < 4.78 is 0. The Kier molecular flexibility index (Phi) is 4.28. The van der Waals surface area contributed by atoms with Gasteiger partial charge in [0, 0.05) is 71.4 Å². The number of aromatic nitrogens is 4. The molecular weight excluding hydrogens is 404 g/mol. The maximum absolute atomic E-state index is 4.70. The third-order valence-corrected chi connectivity index (χ3v) is 7.50. The van der Waals surface area contributed by atoms with Gasteiger partial charge < -0.3 is 14.8 Å². The zero-order valence-corrected chi connectivity index (χ0v) is 18.9. The van der Waals surface area contributed by atoms with Crippen LogP contribution in [0.1, 0.15) is 16.3 Å². The lowest BCUT2D eigenvalue weighted by Crippen LogP contribution is -2.30. The monoisotopic (exact) mass is 430 g/mol. The van der Waals surface area contributed by atoms with E-state index in [0.717, 1.165) is 54.2 Å². The van der Waals surface area contributed by atoms with Crippen LogP contribution in [0.25, 0.3) is 21.6 Å². The first-order valence-electron chi connectivity index (χ1n) is 10.9. The van der Waals surface area contributed by atoms with Crippen molar-refractivity contribution in [3.05, 3.63) is 52.8 Å². The van der Waals surface area contributed by atoms with Crippen LogP contribution in [0.3, 0.4) is 0 Å². The highest BCUT2D eigenvalue weighted by Gasteiger charge is 2.42. The number of hydrogen-bond donors (Lipinski definition) is 1. The summed E-state index contributed by atoms with van der Waals surface area (Å²) in [5.74, 6) is 2.15.